The Morgan fingerprint density at radius 3 is 2.43 bits per heavy atom. The first-order chi connectivity index (χ1) is 14.3. The third kappa shape index (κ3) is 5.64. The van der Waals surface area contributed by atoms with Crippen molar-refractivity contribution in [2.24, 2.45) is 5.92 Å². The molecule has 2 heterocycles. The monoisotopic (exact) mass is 478 g/mol. The van der Waals surface area contributed by atoms with E-state index in [1.54, 1.807) is 6.07 Å². The van der Waals surface area contributed by atoms with Crippen molar-refractivity contribution in [1.82, 2.24) is 9.62 Å². The summed E-state index contributed by atoms with van der Waals surface area (Å²) in [7, 11) is -3.87. The first-order valence-electron chi connectivity index (χ1n) is 9.78. The lowest BCUT2D eigenvalue weighted by Crippen LogP contribution is -2.41. The predicted molar refractivity (Wildman–Crippen MR) is 111 cm³/mol. The molecule has 2 saturated heterocycles. The van der Waals surface area contributed by atoms with Gasteiger partial charge in [0, 0.05) is 26.2 Å². The maximum Gasteiger partial charge on any atom is 0.309 e. The van der Waals surface area contributed by atoms with Gasteiger partial charge in [-0.05, 0) is 37.8 Å². The average molecular weight is 479 g/mol. The van der Waals surface area contributed by atoms with Gasteiger partial charge in [-0.1, -0.05) is 29.3 Å². The zero-order valence-electron chi connectivity index (χ0n) is 16.3. The van der Waals surface area contributed by atoms with Gasteiger partial charge in [-0.3, -0.25) is 9.59 Å². The van der Waals surface area contributed by atoms with Crippen LogP contribution in [0.2, 0.25) is 10.0 Å². The van der Waals surface area contributed by atoms with Crippen molar-refractivity contribution in [1.29, 1.82) is 0 Å². The van der Waals surface area contributed by atoms with E-state index in [1.165, 1.54) is 16.4 Å². The molecule has 1 aromatic rings. The second-order valence-corrected chi connectivity index (χ2v) is 9.97. The van der Waals surface area contributed by atoms with E-state index in [0.717, 1.165) is 12.8 Å². The quantitative estimate of drug-likeness (QED) is 0.602. The number of piperidine rings is 1. The third-order valence-corrected chi connectivity index (χ3v) is 8.06. The van der Waals surface area contributed by atoms with Crippen LogP contribution in [0.3, 0.4) is 0 Å². The average Bonchev–Trinajstić information content (AvgIpc) is 3.24. The highest BCUT2D eigenvalue weighted by atomic mass is 35.5. The van der Waals surface area contributed by atoms with Crippen molar-refractivity contribution in [3.63, 3.8) is 0 Å². The molecule has 1 N–H and O–H groups in total. The number of carbonyl (C=O) groups excluding carboxylic acids is 2. The number of halogens is 2. The molecule has 0 bridgehead atoms. The number of amides is 1. The number of hydrogen-bond donors (Lipinski definition) is 1. The molecule has 30 heavy (non-hydrogen) atoms. The molecule has 0 aliphatic carbocycles. The first-order valence-corrected chi connectivity index (χ1v) is 12.0. The lowest BCUT2D eigenvalue weighted by molar-refractivity contribution is -0.153. The van der Waals surface area contributed by atoms with Crippen LogP contribution < -0.4 is 5.32 Å². The second kappa shape index (κ2) is 10.3. The molecular weight excluding hydrogens is 455 g/mol. The van der Waals surface area contributed by atoms with E-state index >= 15 is 0 Å². The Labute approximate surface area is 185 Å². The summed E-state index contributed by atoms with van der Waals surface area (Å²) < 4.78 is 37.5. The molecule has 0 unspecified atom stereocenters. The number of esters is 1. The van der Waals surface area contributed by atoms with Gasteiger partial charge in [0.2, 0.25) is 10.0 Å². The molecule has 11 heteroatoms. The Kier molecular flexibility index (Phi) is 7.98. The zero-order valence-corrected chi connectivity index (χ0v) is 18.6. The highest BCUT2D eigenvalue weighted by molar-refractivity contribution is 7.89. The molecule has 0 spiro atoms. The van der Waals surface area contributed by atoms with Gasteiger partial charge < -0.3 is 14.8 Å². The fourth-order valence-electron chi connectivity index (χ4n) is 3.53. The lowest BCUT2D eigenvalue weighted by Gasteiger charge is -2.30. The first kappa shape index (κ1) is 23.3. The van der Waals surface area contributed by atoms with E-state index in [2.05, 4.69) is 5.32 Å². The van der Waals surface area contributed by atoms with Gasteiger partial charge in [-0.2, -0.15) is 4.31 Å². The minimum absolute atomic E-state index is 0.0162. The minimum atomic E-state index is -3.87. The van der Waals surface area contributed by atoms with Gasteiger partial charge in [0.05, 0.1) is 22.1 Å². The number of sulfonamides is 1. The summed E-state index contributed by atoms with van der Waals surface area (Å²) in [6.45, 7) is 1.01. The van der Waals surface area contributed by atoms with Gasteiger partial charge in [-0.15, -0.1) is 0 Å². The molecule has 0 radical (unpaired) electrons. The van der Waals surface area contributed by atoms with E-state index in [-0.39, 0.29) is 59.5 Å². The Balaban J connectivity index is 1.46. The van der Waals surface area contributed by atoms with Crippen LogP contribution >= 0.6 is 23.2 Å². The summed E-state index contributed by atoms with van der Waals surface area (Å²) in [5, 5.41) is 2.79. The number of ether oxygens (including phenoxy) is 2. The Morgan fingerprint density at radius 1 is 1.17 bits per heavy atom. The van der Waals surface area contributed by atoms with Crippen LogP contribution in [0.15, 0.2) is 23.1 Å². The predicted octanol–water partition coefficient (Wildman–Crippen LogP) is 2.23. The van der Waals surface area contributed by atoms with Crippen LogP contribution in [0.5, 0.6) is 0 Å². The van der Waals surface area contributed by atoms with Crippen molar-refractivity contribution in [3.05, 3.63) is 28.2 Å². The van der Waals surface area contributed by atoms with Gasteiger partial charge in [0.15, 0.2) is 6.61 Å². The van der Waals surface area contributed by atoms with Crippen molar-refractivity contribution >= 4 is 45.1 Å². The van der Waals surface area contributed by atoms with E-state index in [9.17, 15) is 18.0 Å². The molecule has 1 atom stereocenters. The highest BCUT2D eigenvalue weighted by Gasteiger charge is 2.35. The molecule has 3 rings (SSSR count). The summed E-state index contributed by atoms with van der Waals surface area (Å²) in [5.41, 5.74) is 0. The molecule has 2 aliphatic rings. The maximum atomic E-state index is 12.9. The molecule has 2 fully saturated rings. The number of nitrogens with zero attached hydrogens (tertiary/aromatic N) is 1. The number of carbonyl (C=O) groups is 2. The number of hydrogen-bond acceptors (Lipinski definition) is 6. The fourth-order valence-corrected chi connectivity index (χ4v) is 6.09. The van der Waals surface area contributed by atoms with Crippen LogP contribution in [-0.4, -0.2) is 63.6 Å². The summed E-state index contributed by atoms with van der Waals surface area (Å²) >= 11 is 12.1. The Hall–Kier alpha value is -1.39. The summed E-state index contributed by atoms with van der Waals surface area (Å²) in [5.74, 6) is -1.36. The number of nitrogens with one attached hydrogen (secondary N) is 1. The van der Waals surface area contributed by atoms with Gasteiger partial charge in [0.1, 0.15) is 4.90 Å². The van der Waals surface area contributed by atoms with Crippen molar-refractivity contribution < 1.29 is 27.5 Å². The second-order valence-electron chi connectivity index (χ2n) is 7.28. The smallest absolute Gasteiger partial charge is 0.309 e. The molecule has 1 aromatic carbocycles. The van der Waals surface area contributed by atoms with Crippen molar-refractivity contribution in [2.45, 2.75) is 36.7 Å². The SMILES string of the molecule is O=C(COC(=O)C1CCN(S(=O)(=O)c2c(Cl)cccc2Cl)CC1)NC[C@@H]1CCCO1. The number of benzene rings is 1. The third-order valence-electron chi connectivity index (χ3n) is 5.20. The van der Waals surface area contributed by atoms with Crippen molar-refractivity contribution in [3.8, 4) is 0 Å². The molecule has 0 saturated carbocycles. The molecule has 0 aromatic heterocycles. The maximum absolute atomic E-state index is 12.9. The molecule has 1 amide bonds. The normalized spacial score (nSPS) is 20.8. The molecule has 8 nitrogen and oxygen atoms in total. The highest BCUT2D eigenvalue weighted by Crippen LogP contribution is 2.33. The van der Waals surface area contributed by atoms with E-state index in [4.69, 9.17) is 32.7 Å². The minimum Gasteiger partial charge on any atom is -0.455 e. The number of rotatable bonds is 7. The summed E-state index contributed by atoms with van der Waals surface area (Å²) in [6.07, 6.45) is 2.48. The van der Waals surface area contributed by atoms with Gasteiger partial charge in [-0.25, -0.2) is 8.42 Å². The Morgan fingerprint density at radius 2 is 1.83 bits per heavy atom. The topological polar surface area (TPSA) is 102 Å². The molecular formula is C19H24Cl2N2O6S. The van der Waals surface area contributed by atoms with E-state index < -0.39 is 21.9 Å². The summed E-state index contributed by atoms with van der Waals surface area (Å²) in [6, 6.07) is 4.51. The van der Waals surface area contributed by atoms with Crippen LogP contribution in [-0.2, 0) is 29.1 Å². The molecule has 166 valence electrons. The van der Waals surface area contributed by atoms with E-state index in [1.807, 2.05) is 0 Å². The van der Waals surface area contributed by atoms with Crippen LogP contribution in [0.1, 0.15) is 25.7 Å². The lowest BCUT2D eigenvalue weighted by atomic mass is 9.98. The van der Waals surface area contributed by atoms with Crippen LogP contribution in [0.25, 0.3) is 0 Å². The van der Waals surface area contributed by atoms with Crippen molar-refractivity contribution in [2.75, 3.05) is 32.8 Å². The fraction of sp³-hybridized carbons (Fsp3) is 0.579. The van der Waals surface area contributed by atoms with Crippen LogP contribution in [0, 0.1) is 5.92 Å². The van der Waals surface area contributed by atoms with Crippen LogP contribution in [0.4, 0.5) is 0 Å². The standard InChI is InChI=1S/C19H24Cl2N2O6S/c20-15-4-1-5-16(21)18(15)30(26,27)23-8-6-13(7-9-23)19(25)29-12-17(24)22-11-14-3-2-10-28-14/h1,4-5,13-14H,2-3,6-12H2,(H,22,24)/t14-/m0/s1. The summed E-state index contributed by atoms with van der Waals surface area (Å²) in [4.78, 5) is 24.0. The van der Waals surface area contributed by atoms with Gasteiger partial charge >= 0.3 is 5.97 Å². The largest absolute Gasteiger partial charge is 0.455 e. The Bertz CT molecular complexity index is 861. The molecule has 2 aliphatic heterocycles. The van der Waals surface area contributed by atoms with Gasteiger partial charge in [0.25, 0.3) is 5.91 Å². The zero-order chi connectivity index (χ0) is 21.7. The van der Waals surface area contributed by atoms with E-state index in [0.29, 0.717) is 13.2 Å².